The zero-order valence-corrected chi connectivity index (χ0v) is 54.0. The summed E-state index contributed by atoms with van der Waals surface area (Å²) in [6, 6.07) is 19.6. The molecular formula is C66H93N15O3Os+5. The van der Waals surface area contributed by atoms with E-state index in [0.717, 1.165) is 152 Å². The van der Waals surface area contributed by atoms with E-state index in [4.69, 9.17) is 0 Å². The van der Waals surface area contributed by atoms with Crippen LogP contribution < -0.4 is 29.1 Å². The summed E-state index contributed by atoms with van der Waals surface area (Å²) in [5.74, 6) is 3.48. The fourth-order valence-electron chi connectivity index (χ4n) is 11.1. The van der Waals surface area contributed by atoms with Crippen LogP contribution in [0.3, 0.4) is 0 Å². The Labute approximate surface area is 518 Å². The van der Waals surface area contributed by atoms with Gasteiger partial charge in [-0.15, -0.1) is 0 Å². The molecule has 1 N–H and O–H groups in total. The smallest absolute Gasteiger partial charge is 0.550 e. The van der Waals surface area contributed by atoms with Crippen LogP contribution in [0.5, 0.6) is 0 Å². The zero-order valence-electron chi connectivity index (χ0n) is 51.5. The van der Waals surface area contributed by atoms with Crippen LogP contribution in [-0.4, -0.2) is 137 Å². The molecule has 5 aromatic heterocycles. The molecule has 0 bridgehead atoms. The van der Waals surface area contributed by atoms with E-state index in [2.05, 4.69) is 153 Å². The van der Waals surface area contributed by atoms with Gasteiger partial charge < -0.3 is 24.7 Å². The molecule has 1 radical (unpaired) electrons. The molecule has 19 heteroatoms. The molecule has 4 aliphatic heterocycles. The van der Waals surface area contributed by atoms with Crippen molar-refractivity contribution < 1.29 is 61.9 Å². The Bertz CT molecular complexity index is 3080. The van der Waals surface area contributed by atoms with Crippen molar-refractivity contribution in [3.63, 3.8) is 0 Å². The predicted molar refractivity (Wildman–Crippen MR) is 330 cm³/mol. The number of carboxylic acid groups (broad SMARTS) is 1. The van der Waals surface area contributed by atoms with Crippen LogP contribution in [0.4, 0.5) is 0 Å². The maximum absolute atomic E-state index is 12.5. The minimum absolute atomic E-state index is 0. The van der Waals surface area contributed by atoms with Gasteiger partial charge in [0.1, 0.15) is 38.6 Å². The molecule has 5 unspecified atom stereocenters. The van der Waals surface area contributed by atoms with Crippen LogP contribution in [0.1, 0.15) is 174 Å². The van der Waals surface area contributed by atoms with Crippen molar-refractivity contribution in [2.24, 2.45) is 27.0 Å². The molecule has 1 amide bonds. The number of aliphatic carboxylic acids is 1. The number of hydrogen-bond donors (Lipinski definition) is 1. The summed E-state index contributed by atoms with van der Waals surface area (Å²) in [6.45, 7) is 12.9. The maximum Gasteiger partial charge on any atom is 1.00 e. The minimum Gasteiger partial charge on any atom is -0.550 e. The Morgan fingerprint density at radius 2 is 1.39 bits per heavy atom. The van der Waals surface area contributed by atoms with E-state index >= 15 is 0 Å². The first-order valence-corrected chi connectivity index (χ1v) is 30.7. The van der Waals surface area contributed by atoms with Crippen molar-refractivity contribution in [1.29, 1.82) is 0 Å². The van der Waals surface area contributed by atoms with Gasteiger partial charge in [-0.3, -0.25) is 14.8 Å². The van der Waals surface area contributed by atoms with E-state index in [1.807, 2.05) is 91.0 Å². The molecule has 0 saturated heterocycles. The molecule has 0 aliphatic carbocycles. The van der Waals surface area contributed by atoms with Crippen LogP contribution in [-0.2, 0) is 49.5 Å². The van der Waals surface area contributed by atoms with Crippen molar-refractivity contribution >= 4 is 54.6 Å². The summed E-state index contributed by atoms with van der Waals surface area (Å²) in [4.78, 5) is 56.1. The third kappa shape index (κ3) is 21.7. The average molecular weight is 1330 g/mol. The first kappa shape index (κ1) is 67.0. The van der Waals surface area contributed by atoms with Gasteiger partial charge in [0, 0.05) is 114 Å². The van der Waals surface area contributed by atoms with Crippen LogP contribution in [0.25, 0.3) is 0 Å². The number of carbonyl (C=O) groups is 2. The maximum atomic E-state index is 12.5. The van der Waals surface area contributed by atoms with E-state index in [0.29, 0.717) is 30.6 Å². The molecule has 85 heavy (non-hydrogen) atoms. The fraction of sp³-hybridized carbons (Fsp3) is 0.515. The number of carboxylic acids is 1. The second-order valence-corrected chi connectivity index (χ2v) is 22.7. The number of pyridine rings is 4. The largest absolute Gasteiger partial charge is 1.00 e. The van der Waals surface area contributed by atoms with Gasteiger partial charge >= 0.3 is 31.8 Å². The van der Waals surface area contributed by atoms with Gasteiger partial charge in [-0.05, 0) is 130 Å². The normalized spacial score (nSPS) is 16.8. The van der Waals surface area contributed by atoms with Crippen LogP contribution >= 0.6 is 0 Å². The van der Waals surface area contributed by atoms with Gasteiger partial charge in [-0.1, -0.05) is 31.3 Å². The van der Waals surface area contributed by atoms with Crippen LogP contribution in [0, 0.1) is 6.92 Å². The van der Waals surface area contributed by atoms with Crippen molar-refractivity contribution in [2.75, 3.05) is 53.9 Å². The summed E-state index contributed by atoms with van der Waals surface area (Å²) in [5, 5.41) is 13.8. The molecule has 0 aromatic carbocycles. The van der Waals surface area contributed by atoms with E-state index < -0.39 is 5.97 Å². The molecule has 18 nitrogen and oxygen atoms in total. The molecule has 9 rings (SSSR count). The van der Waals surface area contributed by atoms with E-state index in [-0.39, 0.29) is 44.4 Å². The molecule has 5 aromatic rings. The van der Waals surface area contributed by atoms with Crippen molar-refractivity contribution in [3.05, 3.63) is 138 Å². The Morgan fingerprint density at radius 1 is 0.741 bits per heavy atom. The molecular weight excluding hydrogens is 1240 g/mol. The standard InChI is InChI=1S/C50H68N7O3.C8H13N4.C8H11N4.Os/c1-4-42(39-46(44-20-27-51-28-21-44)38-40(2)43-22-33-55(34-23-43)31-13-8-10-19-49(59)60)45-24-35-56(36-25-45)30-12-7-9-18-48(58)52-26-11-5-6-14-32-57-37-29-53-50(57)47-17-15-16-41(3)54-47;2*1-11-5-3-9-7(11)8-10-4-6-12(8)2;/h15-17,20-25,27-29,33-37,40,42,46,50H,4-14,18-19,26,30-32,38-39H2,1-3H3;5H,3-4,6H2,1-2H3;3-7H,1-2H3;/q4*+1/p+1. The number of likely N-dealkylation sites (N-methyl/N-ethyl adjacent to an activating group) is 2. The Morgan fingerprint density at radius 3 is 2.00 bits per heavy atom. The van der Waals surface area contributed by atoms with Gasteiger partial charge in [0.15, 0.2) is 43.8 Å². The number of aryl methyl sites for hydroxylation is 4. The van der Waals surface area contributed by atoms with Gasteiger partial charge in [0.2, 0.25) is 17.6 Å². The first-order chi connectivity index (χ1) is 40.9. The van der Waals surface area contributed by atoms with E-state index in [1.54, 1.807) is 12.4 Å². The zero-order chi connectivity index (χ0) is 59.5. The SMILES string of the molecule is CCC(CC(CC(C)c1cc[n+](CCCCCC(=O)[O-])cc1)c1ccncc1)c1cc[n+](CCCCCC(=O)NCCCCCC[N+]2=CC=NC2c2cccc(C)n2)cc1.CN1CCN=C1C1=NCC=[N+]1C.C[N+]1=CC=NC1c1[n-]cc[n+]1C.[Os+]. The summed E-state index contributed by atoms with van der Waals surface area (Å²) in [6.07, 6.45) is 40.0. The van der Waals surface area contributed by atoms with E-state index in [9.17, 15) is 14.7 Å². The predicted octanol–water partition coefficient (Wildman–Crippen LogP) is 6.35. The number of amides is 1. The number of amidine groups is 2. The number of aromatic nitrogens is 6. The average Bonchev–Trinajstić information content (AvgIpc) is 4.61. The number of nitrogens with zero attached hydrogens (tertiary/aromatic N) is 14. The van der Waals surface area contributed by atoms with Gasteiger partial charge in [-0.2, -0.15) is 0 Å². The van der Waals surface area contributed by atoms with Gasteiger partial charge in [-0.25, -0.2) is 42.8 Å². The van der Waals surface area contributed by atoms with E-state index in [1.165, 1.54) is 16.7 Å². The first-order valence-electron chi connectivity index (χ1n) is 30.7. The molecule has 0 saturated carbocycles. The second-order valence-electron chi connectivity index (χ2n) is 22.7. The number of aliphatic imine (C=N–C) groups is 4. The monoisotopic (exact) mass is 1340 g/mol. The van der Waals surface area contributed by atoms with Crippen LogP contribution in [0.2, 0.25) is 0 Å². The second kappa shape index (κ2) is 36.0. The van der Waals surface area contributed by atoms with Gasteiger partial charge in [0.05, 0.1) is 26.0 Å². The number of rotatable bonds is 30. The Hall–Kier alpha value is -7.12. The van der Waals surface area contributed by atoms with Crippen molar-refractivity contribution in [1.82, 2.24) is 25.2 Å². The summed E-state index contributed by atoms with van der Waals surface area (Å²) >= 11 is 0. The molecule has 0 spiro atoms. The molecule has 5 atom stereocenters. The summed E-state index contributed by atoms with van der Waals surface area (Å²) in [5.41, 5.74) is 6.10. The summed E-state index contributed by atoms with van der Waals surface area (Å²) < 4.78 is 12.8. The molecule has 4 aliphatic rings. The summed E-state index contributed by atoms with van der Waals surface area (Å²) in [7, 11) is 8.04. The van der Waals surface area contributed by atoms with Gasteiger partial charge in [0.25, 0.3) is 6.17 Å². The molecule has 453 valence electrons. The third-order valence-corrected chi connectivity index (χ3v) is 16.2. The van der Waals surface area contributed by atoms with Crippen molar-refractivity contribution in [3.8, 4) is 0 Å². The molecule has 0 fully saturated rings. The topological polar surface area (TPSA) is 182 Å². The molecule has 9 heterocycles. The third-order valence-electron chi connectivity index (χ3n) is 16.2. The fourth-order valence-corrected chi connectivity index (χ4v) is 11.1. The quantitative estimate of drug-likeness (QED) is 0.0411. The number of nitrogens with one attached hydrogen (secondary N) is 1. The number of unbranched alkanes of at least 4 members (excludes halogenated alkanes) is 7. The number of carbonyl (C=O) groups excluding carboxylic acids is 2. The Balaban J connectivity index is 0.000000375. The number of hydrogen-bond acceptors (Lipinski definition) is 10. The van der Waals surface area contributed by atoms with Crippen LogP contribution in [0.15, 0.2) is 124 Å². The Kier molecular flexibility index (Phi) is 28.4. The number of imidazole rings is 1. The minimum atomic E-state index is -0.963. The van der Waals surface area contributed by atoms with Crippen molar-refractivity contribution in [2.45, 2.75) is 160 Å².